The van der Waals surface area contributed by atoms with Crippen LogP contribution in [0, 0.1) is 5.92 Å². The summed E-state index contributed by atoms with van der Waals surface area (Å²) in [6.45, 7) is 7.75. The number of alkyl carbamates (subject to hydrolysis) is 1. The zero-order valence-electron chi connectivity index (χ0n) is 11.6. The van der Waals surface area contributed by atoms with Crippen molar-refractivity contribution in [3.63, 3.8) is 0 Å². The molecular formula is C13H24N2O3. The second-order valence-corrected chi connectivity index (χ2v) is 5.08. The van der Waals surface area contributed by atoms with Gasteiger partial charge in [-0.3, -0.25) is 4.79 Å². The lowest BCUT2D eigenvalue weighted by Crippen LogP contribution is -2.48. The van der Waals surface area contributed by atoms with Gasteiger partial charge in [0.1, 0.15) is 6.04 Å². The van der Waals surface area contributed by atoms with Crippen molar-refractivity contribution in [1.82, 2.24) is 10.2 Å². The van der Waals surface area contributed by atoms with Gasteiger partial charge in [0.25, 0.3) is 0 Å². The number of likely N-dealkylation sites (tertiary alicyclic amines) is 1. The molecule has 0 aromatic rings. The number of nitrogens with zero attached hydrogens (tertiary/aromatic N) is 1. The van der Waals surface area contributed by atoms with E-state index in [9.17, 15) is 9.59 Å². The van der Waals surface area contributed by atoms with Crippen LogP contribution in [0.3, 0.4) is 0 Å². The molecule has 1 heterocycles. The van der Waals surface area contributed by atoms with E-state index in [-0.39, 0.29) is 5.91 Å². The fraction of sp³-hybridized carbons (Fsp3) is 0.846. The second-order valence-electron chi connectivity index (χ2n) is 5.08. The molecule has 0 aromatic carbocycles. The highest BCUT2D eigenvalue weighted by atomic mass is 16.5. The van der Waals surface area contributed by atoms with Gasteiger partial charge < -0.3 is 15.0 Å². The third-order valence-corrected chi connectivity index (χ3v) is 2.99. The van der Waals surface area contributed by atoms with Gasteiger partial charge in [0.15, 0.2) is 0 Å². The minimum atomic E-state index is -0.504. The van der Waals surface area contributed by atoms with Gasteiger partial charge in [-0.15, -0.1) is 0 Å². The first-order valence-corrected chi connectivity index (χ1v) is 6.76. The molecule has 2 amide bonds. The molecule has 0 bridgehead atoms. The second kappa shape index (κ2) is 7.24. The fourth-order valence-corrected chi connectivity index (χ4v) is 2.17. The van der Waals surface area contributed by atoms with E-state index in [1.807, 2.05) is 18.7 Å². The molecule has 1 rings (SSSR count). The van der Waals surface area contributed by atoms with Crippen LogP contribution in [0.4, 0.5) is 4.79 Å². The highest BCUT2D eigenvalue weighted by molar-refractivity contribution is 5.85. The molecule has 1 saturated heterocycles. The maximum Gasteiger partial charge on any atom is 0.407 e. The van der Waals surface area contributed by atoms with E-state index in [1.165, 1.54) is 0 Å². The van der Waals surface area contributed by atoms with Crippen LogP contribution in [0.25, 0.3) is 0 Å². The lowest BCUT2D eigenvalue weighted by atomic mass is 10.0. The SMILES string of the molecule is CCOC(=O)N[C@@H](CC(C)C)C(=O)N1CCCC1. The van der Waals surface area contributed by atoms with Crippen LogP contribution in [0.2, 0.25) is 0 Å². The number of hydrogen-bond donors (Lipinski definition) is 1. The zero-order valence-corrected chi connectivity index (χ0v) is 11.6. The van der Waals surface area contributed by atoms with Crippen LogP contribution < -0.4 is 5.32 Å². The summed E-state index contributed by atoms with van der Waals surface area (Å²) >= 11 is 0. The molecule has 1 atom stereocenters. The average Bonchev–Trinajstić information content (AvgIpc) is 2.80. The van der Waals surface area contributed by atoms with Gasteiger partial charge >= 0.3 is 6.09 Å². The first kappa shape index (κ1) is 14.8. The van der Waals surface area contributed by atoms with Crippen molar-refractivity contribution in [2.45, 2.75) is 46.1 Å². The molecule has 5 nitrogen and oxygen atoms in total. The molecule has 1 N–H and O–H groups in total. The number of ether oxygens (including phenoxy) is 1. The molecule has 0 unspecified atom stereocenters. The Hall–Kier alpha value is -1.26. The van der Waals surface area contributed by atoms with E-state index >= 15 is 0 Å². The normalized spacial score (nSPS) is 16.8. The maximum absolute atomic E-state index is 12.3. The lowest BCUT2D eigenvalue weighted by molar-refractivity contribution is -0.132. The van der Waals surface area contributed by atoms with Gasteiger partial charge in [-0.25, -0.2) is 4.79 Å². The highest BCUT2D eigenvalue weighted by Gasteiger charge is 2.28. The van der Waals surface area contributed by atoms with Crippen LogP contribution in [0.1, 0.15) is 40.0 Å². The average molecular weight is 256 g/mol. The third-order valence-electron chi connectivity index (χ3n) is 2.99. The minimum Gasteiger partial charge on any atom is -0.450 e. The highest BCUT2D eigenvalue weighted by Crippen LogP contribution is 2.13. The van der Waals surface area contributed by atoms with Crippen LogP contribution in [-0.4, -0.2) is 42.6 Å². The Morgan fingerprint density at radius 2 is 1.89 bits per heavy atom. The van der Waals surface area contributed by atoms with Crippen molar-refractivity contribution in [2.24, 2.45) is 5.92 Å². The van der Waals surface area contributed by atoms with Crippen molar-refractivity contribution in [1.29, 1.82) is 0 Å². The van der Waals surface area contributed by atoms with E-state index in [2.05, 4.69) is 5.32 Å². The summed E-state index contributed by atoms with van der Waals surface area (Å²) in [5.74, 6) is 0.373. The molecule has 0 spiro atoms. The van der Waals surface area contributed by atoms with Crippen LogP contribution in [0.15, 0.2) is 0 Å². The minimum absolute atomic E-state index is 0.0225. The van der Waals surface area contributed by atoms with Crippen LogP contribution in [0.5, 0.6) is 0 Å². The first-order chi connectivity index (χ1) is 8.54. The Kier molecular flexibility index (Phi) is 5.95. The topological polar surface area (TPSA) is 58.6 Å². The van der Waals surface area contributed by atoms with E-state index in [4.69, 9.17) is 4.74 Å². The molecule has 1 aliphatic rings. The smallest absolute Gasteiger partial charge is 0.407 e. The number of nitrogens with one attached hydrogen (secondary N) is 1. The Morgan fingerprint density at radius 3 is 2.39 bits per heavy atom. The first-order valence-electron chi connectivity index (χ1n) is 6.76. The van der Waals surface area contributed by atoms with Crippen LogP contribution in [-0.2, 0) is 9.53 Å². The number of rotatable bonds is 5. The number of carbonyl (C=O) groups excluding carboxylic acids is 2. The fourth-order valence-electron chi connectivity index (χ4n) is 2.17. The quantitative estimate of drug-likeness (QED) is 0.815. The van der Waals surface area contributed by atoms with E-state index in [0.717, 1.165) is 25.9 Å². The molecule has 1 aliphatic heterocycles. The maximum atomic E-state index is 12.3. The van der Waals surface area contributed by atoms with E-state index < -0.39 is 12.1 Å². The van der Waals surface area contributed by atoms with Crippen molar-refractivity contribution in [3.8, 4) is 0 Å². The molecule has 18 heavy (non-hydrogen) atoms. The van der Waals surface area contributed by atoms with Gasteiger partial charge in [0.2, 0.25) is 5.91 Å². The molecule has 0 saturated carbocycles. The number of amides is 2. The summed E-state index contributed by atoms with van der Waals surface area (Å²) in [5.41, 5.74) is 0. The van der Waals surface area contributed by atoms with Gasteiger partial charge in [0.05, 0.1) is 6.61 Å². The predicted molar refractivity (Wildman–Crippen MR) is 69.2 cm³/mol. The lowest BCUT2D eigenvalue weighted by Gasteiger charge is -2.24. The number of hydrogen-bond acceptors (Lipinski definition) is 3. The molecule has 104 valence electrons. The third kappa shape index (κ3) is 4.55. The van der Waals surface area contributed by atoms with E-state index in [0.29, 0.717) is 18.9 Å². The van der Waals surface area contributed by atoms with E-state index in [1.54, 1.807) is 6.92 Å². The van der Waals surface area contributed by atoms with Crippen molar-refractivity contribution >= 4 is 12.0 Å². The summed E-state index contributed by atoms with van der Waals surface area (Å²) < 4.78 is 4.85. The summed E-state index contributed by atoms with van der Waals surface area (Å²) in [4.78, 5) is 25.6. The molecule has 5 heteroatoms. The Bertz CT molecular complexity index is 286. The number of carbonyl (C=O) groups is 2. The molecular weight excluding hydrogens is 232 g/mol. The van der Waals surface area contributed by atoms with Crippen molar-refractivity contribution in [2.75, 3.05) is 19.7 Å². The summed E-state index contributed by atoms with van der Waals surface area (Å²) in [6, 6.07) is -0.456. The molecule has 0 aromatic heterocycles. The monoisotopic (exact) mass is 256 g/mol. The zero-order chi connectivity index (χ0) is 13.5. The Balaban J connectivity index is 2.58. The van der Waals surface area contributed by atoms with Gasteiger partial charge in [-0.1, -0.05) is 13.8 Å². The standard InChI is InChI=1S/C13H24N2O3/c1-4-18-13(17)14-11(9-10(2)3)12(16)15-7-5-6-8-15/h10-11H,4-9H2,1-3H3,(H,14,17)/t11-/m0/s1. The molecule has 0 radical (unpaired) electrons. The van der Waals surface area contributed by atoms with Gasteiger partial charge in [-0.05, 0) is 32.1 Å². The largest absolute Gasteiger partial charge is 0.450 e. The molecule has 0 aliphatic carbocycles. The summed E-state index contributed by atoms with van der Waals surface area (Å²) in [7, 11) is 0. The van der Waals surface area contributed by atoms with Crippen molar-refractivity contribution < 1.29 is 14.3 Å². The Morgan fingerprint density at radius 1 is 1.28 bits per heavy atom. The predicted octanol–water partition coefficient (Wildman–Crippen LogP) is 1.77. The van der Waals surface area contributed by atoms with Crippen LogP contribution >= 0.6 is 0 Å². The van der Waals surface area contributed by atoms with Gasteiger partial charge in [-0.2, -0.15) is 0 Å². The van der Waals surface area contributed by atoms with Crippen molar-refractivity contribution in [3.05, 3.63) is 0 Å². The molecule has 1 fully saturated rings. The summed E-state index contributed by atoms with van der Waals surface area (Å²) in [6.07, 6.45) is 2.25. The summed E-state index contributed by atoms with van der Waals surface area (Å²) in [5, 5.41) is 2.67. The van der Waals surface area contributed by atoms with Gasteiger partial charge in [0, 0.05) is 13.1 Å². The Labute approximate surface area is 109 Å².